The van der Waals surface area contributed by atoms with Gasteiger partial charge < -0.3 is 9.88 Å². The molecular formula is C13H13ClN6. The molecule has 0 atom stereocenters. The number of pyridine rings is 1. The maximum atomic E-state index is 5.93. The maximum Gasteiger partial charge on any atom is 0.226 e. The summed E-state index contributed by atoms with van der Waals surface area (Å²) in [4.78, 5) is 16.7. The summed E-state index contributed by atoms with van der Waals surface area (Å²) in [6.45, 7) is 3.45. The van der Waals surface area contributed by atoms with Crippen molar-refractivity contribution in [3.05, 3.63) is 41.7 Å². The minimum Gasteiger partial charge on any atom is -0.364 e. The van der Waals surface area contributed by atoms with Crippen molar-refractivity contribution in [1.29, 1.82) is 0 Å². The van der Waals surface area contributed by atoms with E-state index in [2.05, 4.69) is 25.3 Å². The lowest BCUT2D eigenvalue weighted by Crippen LogP contribution is -2.05. The van der Waals surface area contributed by atoms with Gasteiger partial charge in [-0.2, -0.15) is 9.97 Å². The Morgan fingerprint density at radius 2 is 2.25 bits per heavy atom. The standard InChI is InChI=1S/C13H13ClN6/c1-2-20-8-17-12-10(20)11(18-13(14)19-12)16-7-9-4-3-5-15-6-9/h3-6,8H,2,7H2,1H3,(H,16,18,19). The molecule has 6 nitrogen and oxygen atoms in total. The molecule has 0 aliphatic heterocycles. The summed E-state index contributed by atoms with van der Waals surface area (Å²) >= 11 is 5.93. The Kier molecular flexibility index (Phi) is 3.47. The molecule has 0 unspecified atom stereocenters. The van der Waals surface area contributed by atoms with Crippen molar-refractivity contribution < 1.29 is 0 Å². The van der Waals surface area contributed by atoms with Crippen LogP contribution in [-0.4, -0.2) is 24.5 Å². The van der Waals surface area contributed by atoms with Gasteiger partial charge in [0.1, 0.15) is 5.52 Å². The zero-order chi connectivity index (χ0) is 13.9. The van der Waals surface area contributed by atoms with Gasteiger partial charge in [-0.1, -0.05) is 6.07 Å². The molecule has 20 heavy (non-hydrogen) atoms. The smallest absolute Gasteiger partial charge is 0.226 e. The number of hydrogen-bond acceptors (Lipinski definition) is 5. The quantitative estimate of drug-likeness (QED) is 0.747. The molecule has 0 radical (unpaired) electrons. The fourth-order valence-corrected chi connectivity index (χ4v) is 2.17. The van der Waals surface area contributed by atoms with E-state index < -0.39 is 0 Å². The van der Waals surface area contributed by atoms with Gasteiger partial charge in [0, 0.05) is 25.5 Å². The van der Waals surface area contributed by atoms with Gasteiger partial charge in [-0.05, 0) is 30.2 Å². The minimum atomic E-state index is 0.188. The van der Waals surface area contributed by atoms with Crippen LogP contribution in [-0.2, 0) is 13.1 Å². The van der Waals surface area contributed by atoms with Crippen LogP contribution in [0.4, 0.5) is 5.82 Å². The SMILES string of the molecule is CCn1cnc2nc(Cl)nc(NCc3cccnc3)c21. The number of aryl methyl sites for hydroxylation is 1. The van der Waals surface area contributed by atoms with E-state index in [1.165, 1.54) is 0 Å². The predicted octanol–water partition coefficient (Wildman–Crippen LogP) is 2.51. The van der Waals surface area contributed by atoms with Crippen molar-refractivity contribution >= 4 is 28.6 Å². The number of rotatable bonds is 4. The molecule has 3 aromatic heterocycles. The van der Waals surface area contributed by atoms with Crippen LogP contribution in [0.2, 0.25) is 5.28 Å². The molecule has 0 fully saturated rings. The van der Waals surface area contributed by atoms with Crippen molar-refractivity contribution in [2.45, 2.75) is 20.0 Å². The van der Waals surface area contributed by atoms with Crippen molar-refractivity contribution in [2.24, 2.45) is 0 Å². The monoisotopic (exact) mass is 288 g/mol. The van der Waals surface area contributed by atoms with Crippen LogP contribution >= 0.6 is 11.6 Å². The van der Waals surface area contributed by atoms with E-state index in [-0.39, 0.29) is 5.28 Å². The zero-order valence-corrected chi connectivity index (χ0v) is 11.7. The maximum absolute atomic E-state index is 5.93. The summed E-state index contributed by atoms with van der Waals surface area (Å²) in [5.74, 6) is 0.684. The van der Waals surface area contributed by atoms with E-state index in [0.29, 0.717) is 18.0 Å². The van der Waals surface area contributed by atoms with Crippen LogP contribution in [0.25, 0.3) is 11.2 Å². The number of nitrogens with one attached hydrogen (secondary N) is 1. The van der Waals surface area contributed by atoms with Crippen molar-refractivity contribution in [3.63, 3.8) is 0 Å². The topological polar surface area (TPSA) is 68.5 Å². The van der Waals surface area contributed by atoms with Crippen LogP contribution in [0, 0.1) is 0 Å². The summed E-state index contributed by atoms with van der Waals surface area (Å²) in [5.41, 5.74) is 2.53. The highest BCUT2D eigenvalue weighted by Gasteiger charge is 2.12. The lowest BCUT2D eigenvalue weighted by atomic mass is 10.3. The number of hydrogen-bond donors (Lipinski definition) is 1. The summed E-state index contributed by atoms with van der Waals surface area (Å²) in [6.07, 6.45) is 5.30. The number of halogens is 1. The normalized spacial score (nSPS) is 10.9. The summed E-state index contributed by atoms with van der Waals surface area (Å²) < 4.78 is 1.98. The Hall–Kier alpha value is -2.21. The average Bonchev–Trinajstić information content (AvgIpc) is 2.88. The molecule has 0 bridgehead atoms. The highest BCUT2D eigenvalue weighted by molar-refractivity contribution is 6.28. The second kappa shape index (κ2) is 5.42. The van der Waals surface area contributed by atoms with Crippen LogP contribution in [0.3, 0.4) is 0 Å². The first-order valence-corrected chi connectivity index (χ1v) is 6.67. The van der Waals surface area contributed by atoms with Gasteiger partial charge in [0.15, 0.2) is 11.5 Å². The molecule has 3 heterocycles. The van der Waals surface area contributed by atoms with Crippen LogP contribution < -0.4 is 5.32 Å². The highest BCUT2D eigenvalue weighted by Crippen LogP contribution is 2.21. The highest BCUT2D eigenvalue weighted by atomic mass is 35.5. The Labute approximate surface area is 120 Å². The molecule has 0 saturated heterocycles. The summed E-state index contributed by atoms with van der Waals surface area (Å²) in [6, 6.07) is 3.90. The molecule has 0 aliphatic rings. The van der Waals surface area contributed by atoms with E-state index >= 15 is 0 Å². The van der Waals surface area contributed by atoms with Crippen molar-refractivity contribution in [1.82, 2.24) is 24.5 Å². The van der Waals surface area contributed by atoms with E-state index in [4.69, 9.17) is 11.6 Å². The molecular weight excluding hydrogens is 276 g/mol. The Morgan fingerprint density at radius 3 is 3.00 bits per heavy atom. The van der Waals surface area contributed by atoms with Crippen molar-refractivity contribution in [2.75, 3.05) is 5.32 Å². The Morgan fingerprint density at radius 1 is 1.35 bits per heavy atom. The Bertz CT molecular complexity index is 724. The van der Waals surface area contributed by atoms with Gasteiger partial charge in [0.05, 0.1) is 6.33 Å². The Balaban J connectivity index is 1.95. The lowest BCUT2D eigenvalue weighted by Gasteiger charge is -2.08. The average molecular weight is 289 g/mol. The number of anilines is 1. The largest absolute Gasteiger partial charge is 0.364 e. The number of imidazole rings is 1. The molecule has 0 spiro atoms. The van der Waals surface area contributed by atoms with E-state index in [1.54, 1.807) is 12.5 Å². The molecule has 1 N–H and O–H groups in total. The fraction of sp³-hybridized carbons (Fsp3) is 0.231. The van der Waals surface area contributed by atoms with Crippen molar-refractivity contribution in [3.8, 4) is 0 Å². The molecule has 3 aromatic rings. The van der Waals surface area contributed by atoms with Crippen LogP contribution in [0.5, 0.6) is 0 Å². The first-order chi connectivity index (χ1) is 9.78. The summed E-state index contributed by atoms with van der Waals surface area (Å²) in [5, 5.41) is 3.46. The van der Waals surface area contributed by atoms with E-state index in [1.807, 2.05) is 29.8 Å². The number of fused-ring (bicyclic) bond motifs is 1. The third-order valence-corrected chi connectivity index (χ3v) is 3.14. The van der Waals surface area contributed by atoms with E-state index in [0.717, 1.165) is 17.6 Å². The molecule has 7 heteroatoms. The van der Waals surface area contributed by atoms with Crippen LogP contribution in [0.15, 0.2) is 30.9 Å². The summed E-state index contributed by atoms with van der Waals surface area (Å²) in [7, 11) is 0. The third kappa shape index (κ3) is 2.42. The first kappa shape index (κ1) is 12.8. The third-order valence-electron chi connectivity index (χ3n) is 2.97. The predicted molar refractivity (Wildman–Crippen MR) is 77.6 cm³/mol. The fourth-order valence-electron chi connectivity index (χ4n) is 2.00. The van der Waals surface area contributed by atoms with Gasteiger partial charge in [0.2, 0.25) is 5.28 Å². The van der Waals surface area contributed by atoms with Crippen LogP contribution in [0.1, 0.15) is 12.5 Å². The van der Waals surface area contributed by atoms with Gasteiger partial charge in [0.25, 0.3) is 0 Å². The van der Waals surface area contributed by atoms with Gasteiger partial charge >= 0.3 is 0 Å². The van der Waals surface area contributed by atoms with Gasteiger partial charge in [-0.25, -0.2) is 4.98 Å². The second-order valence-electron chi connectivity index (χ2n) is 4.26. The first-order valence-electron chi connectivity index (χ1n) is 6.29. The molecule has 102 valence electrons. The molecule has 0 amide bonds. The molecule has 0 aliphatic carbocycles. The van der Waals surface area contributed by atoms with E-state index in [9.17, 15) is 0 Å². The second-order valence-corrected chi connectivity index (χ2v) is 4.60. The lowest BCUT2D eigenvalue weighted by molar-refractivity contribution is 0.785. The van der Waals surface area contributed by atoms with Gasteiger partial charge in [-0.3, -0.25) is 4.98 Å². The minimum absolute atomic E-state index is 0.188. The number of aromatic nitrogens is 5. The number of nitrogens with zero attached hydrogens (tertiary/aromatic N) is 5. The van der Waals surface area contributed by atoms with Gasteiger partial charge in [-0.15, -0.1) is 0 Å². The molecule has 0 aromatic carbocycles. The molecule has 0 saturated carbocycles. The zero-order valence-electron chi connectivity index (χ0n) is 10.9. The molecule has 3 rings (SSSR count).